The van der Waals surface area contributed by atoms with Gasteiger partial charge in [-0.25, -0.2) is 9.59 Å². The van der Waals surface area contributed by atoms with Gasteiger partial charge in [-0.05, 0) is 102 Å². The second-order valence-electron chi connectivity index (χ2n) is 14.0. The van der Waals surface area contributed by atoms with Gasteiger partial charge in [0.25, 0.3) is 5.91 Å². The first kappa shape index (κ1) is 32.8. The summed E-state index contributed by atoms with van der Waals surface area (Å²) in [5, 5.41) is 8.62. The fourth-order valence-electron chi connectivity index (χ4n) is 5.50. The van der Waals surface area contributed by atoms with Crippen LogP contribution < -0.4 is 16.0 Å². The summed E-state index contributed by atoms with van der Waals surface area (Å²) in [6.07, 6.45) is 6.18. The monoisotopic (exact) mass is 607 g/mol. The smallest absolute Gasteiger partial charge is 0.414 e. The fraction of sp³-hybridized carbons (Fsp3) is 0.545. The number of nitrogens with one attached hydrogen (secondary N) is 3. The van der Waals surface area contributed by atoms with E-state index < -0.39 is 29.3 Å². The zero-order valence-electron chi connectivity index (χ0n) is 27.2. The van der Waals surface area contributed by atoms with E-state index in [-0.39, 0.29) is 29.3 Å². The number of carbonyl (C=O) groups is 3. The van der Waals surface area contributed by atoms with Crippen molar-refractivity contribution in [2.45, 2.75) is 111 Å². The van der Waals surface area contributed by atoms with Gasteiger partial charge in [0.15, 0.2) is 5.58 Å². The van der Waals surface area contributed by atoms with E-state index in [0.717, 1.165) is 24.0 Å². The highest BCUT2D eigenvalue weighted by Crippen LogP contribution is 2.40. The molecule has 11 heteroatoms. The van der Waals surface area contributed by atoms with Crippen molar-refractivity contribution in [2.75, 3.05) is 10.6 Å². The molecule has 4 rings (SSSR count). The SMILES string of the molecule is CC(C)c1cnc2c(C(=O)Nc3cnccc3C3CC(NC(=O)OC(C)(C)C)C[C@@H](C)C3)c(NC(=O)OC(C)(C)C)oc2c1. The van der Waals surface area contributed by atoms with Gasteiger partial charge < -0.3 is 24.5 Å². The molecule has 1 aliphatic rings. The maximum atomic E-state index is 13.9. The van der Waals surface area contributed by atoms with Gasteiger partial charge in [0.2, 0.25) is 5.88 Å². The number of anilines is 2. The number of nitrogens with zero attached hydrogens (tertiary/aromatic N) is 2. The maximum Gasteiger partial charge on any atom is 0.414 e. The molecule has 0 bridgehead atoms. The molecule has 0 radical (unpaired) electrons. The molecule has 3 aromatic heterocycles. The van der Waals surface area contributed by atoms with Crippen LogP contribution in [-0.2, 0) is 9.47 Å². The van der Waals surface area contributed by atoms with Crippen molar-refractivity contribution in [2.24, 2.45) is 5.92 Å². The van der Waals surface area contributed by atoms with Crippen LogP contribution in [0.4, 0.5) is 21.2 Å². The standard InChI is InChI=1S/C33H45N5O6/c1-18(2)21-15-25-27(35-16-21)26(29(42-25)38-31(41)44-33(7,8)9)28(39)37-24-17-34-11-10-23(24)20-12-19(3)13-22(14-20)36-30(40)43-32(4,5)6/h10-11,15-20,22H,12-14H2,1-9H3,(H,36,40)(H,37,39)(H,38,41)/t19-,20?,22?/m0/s1. The molecule has 3 atom stereocenters. The minimum atomic E-state index is -0.753. The maximum absolute atomic E-state index is 13.9. The first-order valence-electron chi connectivity index (χ1n) is 15.2. The average Bonchev–Trinajstić information content (AvgIpc) is 3.23. The van der Waals surface area contributed by atoms with Crippen molar-refractivity contribution in [1.82, 2.24) is 15.3 Å². The van der Waals surface area contributed by atoms with E-state index in [1.807, 2.05) is 46.8 Å². The number of hydrogen-bond donors (Lipinski definition) is 3. The quantitative estimate of drug-likeness (QED) is 0.258. The van der Waals surface area contributed by atoms with Crippen LogP contribution in [-0.4, -0.2) is 45.3 Å². The fourth-order valence-corrected chi connectivity index (χ4v) is 5.50. The van der Waals surface area contributed by atoms with Crippen molar-refractivity contribution in [3.05, 3.63) is 47.4 Å². The lowest BCUT2D eigenvalue weighted by Crippen LogP contribution is -2.42. The Kier molecular flexibility index (Phi) is 9.56. The molecule has 3 aromatic rings. The molecule has 11 nitrogen and oxygen atoms in total. The number of alkyl carbamates (subject to hydrolysis) is 1. The van der Waals surface area contributed by atoms with E-state index >= 15 is 0 Å². The van der Waals surface area contributed by atoms with Crippen LogP contribution in [0.25, 0.3) is 11.1 Å². The molecule has 3 amide bonds. The minimum Gasteiger partial charge on any atom is -0.444 e. The molecule has 0 spiro atoms. The summed E-state index contributed by atoms with van der Waals surface area (Å²) in [5.41, 5.74) is 1.79. The summed E-state index contributed by atoms with van der Waals surface area (Å²) in [5.74, 6) is -0.0166. The number of ether oxygens (including phenoxy) is 2. The normalized spacial score (nSPS) is 19.0. The number of carbonyl (C=O) groups excluding carboxylic acids is 3. The van der Waals surface area contributed by atoms with Gasteiger partial charge in [-0.1, -0.05) is 20.8 Å². The van der Waals surface area contributed by atoms with Crippen LogP contribution in [0, 0.1) is 5.92 Å². The lowest BCUT2D eigenvalue weighted by Gasteiger charge is -2.35. The zero-order valence-corrected chi connectivity index (χ0v) is 27.2. The summed E-state index contributed by atoms with van der Waals surface area (Å²) in [6.45, 7) is 17.0. The Morgan fingerprint density at radius 1 is 0.955 bits per heavy atom. The van der Waals surface area contributed by atoms with Crippen LogP contribution >= 0.6 is 0 Å². The van der Waals surface area contributed by atoms with E-state index in [9.17, 15) is 14.4 Å². The number of aromatic nitrogens is 2. The van der Waals surface area contributed by atoms with Crippen molar-refractivity contribution in [3.63, 3.8) is 0 Å². The van der Waals surface area contributed by atoms with E-state index in [2.05, 4.69) is 32.8 Å². The van der Waals surface area contributed by atoms with Crippen LogP contribution in [0.15, 0.2) is 35.1 Å². The minimum absolute atomic E-state index is 0.0455. The molecule has 238 valence electrons. The Morgan fingerprint density at radius 2 is 1.64 bits per heavy atom. The molecule has 3 N–H and O–H groups in total. The molecule has 0 saturated heterocycles. The van der Waals surface area contributed by atoms with Gasteiger partial charge in [0.1, 0.15) is 22.3 Å². The number of hydrogen-bond acceptors (Lipinski definition) is 8. The van der Waals surface area contributed by atoms with Crippen molar-refractivity contribution < 1.29 is 28.3 Å². The molecule has 0 aliphatic heterocycles. The Hall–Kier alpha value is -4.15. The zero-order chi connectivity index (χ0) is 32.4. The van der Waals surface area contributed by atoms with Crippen LogP contribution in [0.2, 0.25) is 0 Å². The van der Waals surface area contributed by atoms with Crippen molar-refractivity contribution in [3.8, 4) is 0 Å². The molecule has 1 saturated carbocycles. The Labute approximate surface area is 258 Å². The second kappa shape index (κ2) is 12.8. The molecular formula is C33H45N5O6. The summed E-state index contributed by atoms with van der Waals surface area (Å²) < 4.78 is 16.9. The van der Waals surface area contributed by atoms with E-state index in [1.54, 1.807) is 39.4 Å². The second-order valence-corrected chi connectivity index (χ2v) is 14.0. The first-order valence-corrected chi connectivity index (χ1v) is 15.2. The number of pyridine rings is 2. The number of fused-ring (bicyclic) bond motifs is 1. The highest BCUT2D eigenvalue weighted by atomic mass is 16.6. The van der Waals surface area contributed by atoms with Gasteiger partial charge in [-0.3, -0.25) is 20.1 Å². The highest BCUT2D eigenvalue weighted by molar-refractivity contribution is 6.16. The van der Waals surface area contributed by atoms with Crippen LogP contribution in [0.3, 0.4) is 0 Å². The molecule has 0 aromatic carbocycles. The summed E-state index contributed by atoms with van der Waals surface area (Å²) in [4.78, 5) is 48.0. The third-order valence-electron chi connectivity index (χ3n) is 7.26. The Balaban J connectivity index is 1.63. The number of amides is 3. The third kappa shape index (κ3) is 8.48. The average molecular weight is 608 g/mol. The van der Waals surface area contributed by atoms with E-state index in [4.69, 9.17) is 13.9 Å². The van der Waals surface area contributed by atoms with Crippen molar-refractivity contribution in [1.29, 1.82) is 0 Å². The molecule has 1 aliphatic carbocycles. The predicted octanol–water partition coefficient (Wildman–Crippen LogP) is 7.74. The number of furan rings is 1. The highest BCUT2D eigenvalue weighted by Gasteiger charge is 2.32. The largest absolute Gasteiger partial charge is 0.444 e. The Morgan fingerprint density at radius 3 is 2.30 bits per heavy atom. The molecular weight excluding hydrogens is 562 g/mol. The molecule has 1 fully saturated rings. The lowest BCUT2D eigenvalue weighted by molar-refractivity contribution is 0.0481. The molecule has 3 heterocycles. The topological polar surface area (TPSA) is 145 Å². The van der Waals surface area contributed by atoms with Gasteiger partial charge in [-0.15, -0.1) is 0 Å². The summed E-state index contributed by atoms with van der Waals surface area (Å²) >= 11 is 0. The van der Waals surface area contributed by atoms with E-state index in [1.165, 1.54) is 0 Å². The predicted molar refractivity (Wildman–Crippen MR) is 169 cm³/mol. The van der Waals surface area contributed by atoms with Gasteiger partial charge in [-0.2, -0.15) is 0 Å². The van der Waals surface area contributed by atoms with Crippen LogP contribution in [0.1, 0.15) is 115 Å². The first-order chi connectivity index (χ1) is 20.5. The Bertz CT molecular complexity index is 1520. The molecule has 44 heavy (non-hydrogen) atoms. The van der Waals surface area contributed by atoms with Gasteiger partial charge in [0, 0.05) is 18.4 Å². The van der Waals surface area contributed by atoms with Crippen molar-refractivity contribution >= 4 is 40.8 Å². The van der Waals surface area contributed by atoms with E-state index in [0.29, 0.717) is 29.1 Å². The molecule has 2 unspecified atom stereocenters. The summed E-state index contributed by atoms with van der Waals surface area (Å²) in [7, 11) is 0. The summed E-state index contributed by atoms with van der Waals surface area (Å²) in [6, 6.07) is 3.63. The lowest BCUT2D eigenvalue weighted by atomic mass is 9.76. The van der Waals surface area contributed by atoms with Crippen LogP contribution in [0.5, 0.6) is 0 Å². The van der Waals surface area contributed by atoms with Gasteiger partial charge in [0.05, 0.1) is 11.9 Å². The third-order valence-corrected chi connectivity index (χ3v) is 7.26. The number of rotatable bonds is 6. The van der Waals surface area contributed by atoms with Gasteiger partial charge >= 0.3 is 12.2 Å².